The van der Waals surface area contributed by atoms with Crippen LogP contribution in [-0.2, 0) is 17.0 Å². The summed E-state index contributed by atoms with van der Waals surface area (Å²) in [6.45, 7) is -0.740. The topological polar surface area (TPSA) is 199 Å². The smallest absolute Gasteiger partial charge is 0.262 e. The van der Waals surface area contributed by atoms with E-state index in [-0.39, 0.29) is 30.1 Å². The van der Waals surface area contributed by atoms with Gasteiger partial charge in [-0.1, -0.05) is 12.2 Å². The van der Waals surface area contributed by atoms with Crippen molar-refractivity contribution in [1.82, 2.24) is 19.9 Å². The average Bonchev–Trinajstić information content (AvgIpc) is 3.30. The van der Waals surface area contributed by atoms with Gasteiger partial charge in [-0.05, 0) is 5.56 Å². The molecule has 12 heteroatoms. The number of aliphatic hydroxyl groups is 5. The maximum absolute atomic E-state index is 12.5. The first-order valence-corrected chi connectivity index (χ1v) is 9.07. The highest BCUT2D eigenvalue weighted by molar-refractivity contribution is 5.80. The Morgan fingerprint density at radius 1 is 1.38 bits per heavy atom. The van der Waals surface area contributed by atoms with Gasteiger partial charge in [0, 0.05) is 12.7 Å². The third-order valence-electron chi connectivity index (χ3n) is 5.45. The molecule has 6 atom stereocenters. The van der Waals surface area contributed by atoms with Gasteiger partial charge in [-0.3, -0.25) is 14.3 Å². The highest BCUT2D eigenvalue weighted by Crippen LogP contribution is 2.33. The molecule has 1 fully saturated rings. The Morgan fingerprint density at radius 2 is 2.14 bits per heavy atom. The standard InChI is InChI=1S/C17H23N5O7/c18-16-20-14-11(15(27)21-16)7(3-19-8-1-2-9(24)12(8)25)4-22(14)17(28)6-29-10(5-23)13(17)26/h1-2,4,8-10,12-13,19,23-26,28H,3,5-6H2,(H3,18,20,21,27). The molecule has 0 amide bonds. The molecule has 2 aromatic heterocycles. The largest absolute Gasteiger partial charge is 0.394 e. The summed E-state index contributed by atoms with van der Waals surface area (Å²) in [5.41, 5.74) is 3.60. The molecule has 1 aliphatic carbocycles. The van der Waals surface area contributed by atoms with Crippen molar-refractivity contribution in [1.29, 1.82) is 0 Å². The van der Waals surface area contributed by atoms with Crippen LogP contribution in [0.4, 0.5) is 5.95 Å². The molecule has 0 spiro atoms. The summed E-state index contributed by atoms with van der Waals surface area (Å²) in [4.78, 5) is 19.0. The number of nitrogen functional groups attached to an aromatic ring is 1. The molecule has 1 aliphatic heterocycles. The predicted octanol–water partition coefficient (Wildman–Crippen LogP) is -3.55. The van der Waals surface area contributed by atoms with E-state index in [2.05, 4.69) is 15.3 Å². The predicted molar refractivity (Wildman–Crippen MR) is 99.6 cm³/mol. The molecule has 2 aliphatic rings. The van der Waals surface area contributed by atoms with E-state index in [0.29, 0.717) is 5.56 Å². The van der Waals surface area contributed by atoms with Crippen LogP contribution in [0.1, 0.15) is 5.56 Å². The van der Waals surface area contributed by atoms with E-state index in [1.54, 1.807) is 6.08 Å². The number of hydrogen-bond acceptors (Lipinski definition) is 10. The van der Waals surface area contributed by atoms with Crippen LogP contribution in [0.25, 0.3) is 11.0 Å². The second-order valence-corrected chi connectivity index (χ2v) is 7.30. The van der Waals surface area contributed by atoms with Crippen molar-refractivity contribution >= 4 is 17.0 Å². The molecule has 0 saturated carbocycles. The summed E-state index contributed by atoms with van der Waals surface area (Å²) in [6, 6.07) is -0.536. The Hall–Kier alpha value is -2.32. The first-order chi connectivity index (χ1) is 13.8. The first-order valence-electron chi connectivity index (χ1n) is 9.07. The number of hydrogen-bond donors (Lipinski definition) is 8. The molecular weight excluding hydrogens is 386 g/mol. The molecule has 1 saturated heterocycles. The maximum Gasteiger partial charge on any atom is 0.262 e. The lowest BCUT2D eigenvalue weighted by Gasteiger charge is -2.28. The zero-order chi connectivity index (χ0) is 20.9. The molecule has 0 radical (unpaired) electrons. The van der Waals surface area contributed by atoms with Gasteiger partial charge in [0.25, 0.3) is 5.56 Å². The molecule has 2 aromatic rings. The van der Waals surface area contributed by atoms with Crippen molar-refractivity contribution in [3.8, 4) is 0 Å². The quantitative estimate of drug-likeness (QED) is 0.229. The van der Waals surface area contributed by atoms with Crippen LogP contribution in [0.2, 0.25) is 0 Å². The van der Waals surface area contributed by atoms with E-state index >= 15 is 0 Å². The van der Waals surface area contributed by atoms with Gasteiger partial charge in [0.2, 0.25) is 5.95 Å². The van der Waals surface area contributed by atoms with Crippen LogP contribution < -0.4 is 16.6 Å². The lowest BCUT2D eigenvalue weighted by Crippen LogP contribution is -2.47. The zero-order valence-corrected chi connectivity index (χ0v) is 15.3. The SMILES string of the molecule is Nc1nc2c(c(CNC3C=CC(O)C3O)cn2C2(O)COC(CO)C2O)c(=O)[nH]1. The first kappa shape index (κ1) is 20.0. The number of nitrogens with two attached hydrogens (primary N) is 1. The lowest BCUT2D eigenvalue weighted by atomic mass is 10.1. The summed E-state index contributed by atoms with van der Waals surface area (Å²) in [7, 11) is 0. The normalized spacial score (nSPS) is 34.4. The average molecular weight is 409 g/mol. The summed E-state index contributed by atoms with van der Waals surface area (Å²) >= 11 is 0. The molecule has 3 heterocycles. The number of nitrogens with one attached hydrogen (secondary N) is 2. The van der Waals surface area contributed by atoms with E-state index in [1.165, 1.54) is 16.8 Å². The van der Waals surface area contributed by atoms with Gasteiger partial charge in [0.15, 0.2) is 11.4 Å². The van der Waals surface area contributed by atoms with E-state index in [0.717, 1.165) is 0 Å². The number of H-pyrrole nitrogens is 1. The van der Waals surface area contributed by atoms with Gasteiger partial charge in [-0.25, -0.2) is 0 Å². The summed E-state index contributed by atoms with van der Waals surface area (Å²) in [5.74, 6) is -0.172. The number of nitrogens with zero attached hydrogens (tertiary/aromatic N) is 2. The number of ether oxygens (including phenoxy) is 1. The van der Waals surface area contributed by atoms with Crippen LogP contribution in [-0.4, -0.2) is 83.7 Å². The van der Waals surface area contributed by atoms with E-state index in [9.17, 15) is 30.3 Å². The van der Waals surface area contributed by atoms with Crippen molar-refractivity contribution in [2.45, 2.75) is 42.7 Å². The van der Waals surface area contributed by atoms with Crippen molar-refractivity contribution in [2.24, 2.45) is 0 Å². The van der Waals surface area contributed by atoms with Crippen LogP contribution in [0.15, 0.2) is 23.1 Å². The minimum atomic E-state index is -1.97. The third-order valence-corrected chi connectivity index (χ3v) is 5.45. The fourth-order valence-electron chi connectivity index (χ4n) is 3.81. The Labute approximate surface area is 163 Å². The zero-order valence-electron chi connectivity index (χ0n) is 15.3. The molecule has 12 nitrogen and oxygen atoms in total. The molecule has 4 rings (SSSR count). The van der Waals surface area contributed by atoms with Crippen LogP contribution in [0, 0.1) is 0 Å². The Kier molecular flexibility index (Phi) is 4.94. The maximum atomic E-state index is 12.5. The molecule has 9 N–H and O–H groups in total. The van der Waals surface area contributed by atoms with Gasteiger partial charge >= 0.3 is 0 Å². The minimum absolute atomic E-state index is 0.0364. The highest BCUT2D eigenvalue weighted by Gasteiger charge is 2.50. The number of aromatic nitrogens is 3. The van der Waals surface area contributed by atoms with E-state index in [4.69, 9.17) is 10.5 Å². The summed E-state index contributed by atoms with van der Waals surface area (Å²) < 4.78 is 6.48. The molecule has 0 aromatic carbocycles. The number of rotatable bonds is 5. The van der Waals surface area contributed by atoms with Crippen molar-refractivity contribution < 1.29 is 30.3 Å². The van der Waals surface area contributed by atoms with Gasteiger partial charge in [0.05, 0.1) is 30.7 Å². The minimum Gasteiger partial charge on any atom is -0.394 e. The molecular formula is C17H23N5O7. The van der Waals surface area contributed by atoms with Gasteiger partial charge in [-0.2, -0.15) is 4.98 Å². The van der Waals surface area contributed by atoms with E-state index in [1.807, 2.05) is 0 Å². The Bertz CT molecular complexity index is 1000. The Balaban J connectivity index is 1.75. The third kappa shape index (κ3) is 3.14. The molecule has 0 bridgehead atoms. The highest BCUT2D eigenvalue weighted by atomic mass is 16.5. The fraction of sp³-hybridized carbons (Fsp3) is 0.529. The number of fused-ring (bicyclic) bond motifs is 1. The second-order valence-electron chi connectivity index (χ2n) is 7.30. The lowest BCUT2D eigenvalue weighted by molar-refractivity contribution is -0.109. The van der Waals surface area contributed by atoms with Crippen molar-refractivity contribution in [3.63, 3.8) is 0 Å². The van der Waals surface area contributed by atoms with Crippen molar-refractivity contribution in [3.05, 3.63) is 34.3 Å². The monoisotopic (exact) mass is 409 g/mol. The van der Waals surface area contributed by atoms with E-state index < -0.39 is 48.3 Å². The van der Waals surface area contributed by atoms with Gasteiger partial charge in [0.1, 0.15) is 18.3 Å². The number of anilines is 1. The fourth-order valence-corrected chi connectivity index (χ4v) is 3.81. The van der Waals surface area contributed by atoms with Gasteiger partial charge in [-0.15, -0.1) is 0 Å². The van der Waals surface area contributed by atoms with Crippen LogP contribution in [0.5, 0.6) is 0 Å². The summed E-state index contributed by atoms with van der Waals surface area (Å²) in [6.07, 6.45) is 0.0240. The van der Waals surface area contributed by atoms with Crippen molar-refractivity contribution in [2.75, 3.05) is 18.9 Å². The van der Waals surface area contributed by atoms with Crippen LogP contribution in [0.3, 0.4) is 0 Å². The molecule has 6 unspecified atom stereocenters. The molecule has 158 valence electrons. The van der Waals surface area contributed by atoms with Crippen LogP contribution >= 0.6 is 0 Å². The number of aliphatic hydroxyl groups excluding tert-OH is 4. The van der Waals surface area contributed by atoms with Gasteiger partial charge < -0.3 is 41.3 Å². The second kappa shape index (κ2) is 7.18. The summed E-state index contributed by atoms with van der Waals surface area (Å²) in [5, 5.41) is 53.6. The molecule has 29 heavy (non-hydrogen) atoms. The number of aromatic amines is 1. The Morgan fingerprint density at radius 3 is 2.76 bits per heavy atom.